The van der Waals surface area contributed by atoms with E-state index in [2.05, 4.69) is 15.9 Å². The maximum absolute atomic E-state index is 13.1. The third kappa shape index (κ3) is 3.04. The molecule has 0 spiro atoms. The third-order valence-corrected chi connectivity index (χ3v) is 7.33. The maximum atomic E-state index is 13.1. The van der Waals surface area contributed by atoms with Crippen LogP contribution in [0.15, 0.2) is 64.0 Å². The molecule has 0 bridgehead atoms. The molecule has 0 heterocycles. The molecule has 0 aliphatic heterocycles. The topological polar surface area (TPSA) is 69.4 Å². The minimum atomic E-state index is -3.53. The number of hydrogen-bond acceptors (Lipinski definition) is 4. The molecule has 1 aliphatic rings. The van der Waals surface area contributed by atoms with Crippen molar-refractivity contribution in [1.29, 1.82) is 0 Å². The lowest BCUT2D eigenvalue weighted by Crippen LogP contribution is -2.36. The average Bonchev–Trinajstić information content (AvgIpc) is 3.21. The summed E-state index contributed by atoms with van der Waals surface area (Å²) < 4.78 is 32.6. The van der Waals surface area contributed by atoms with Gasteiger partial charge >= 0.3 is 0 Å². The van der Waals surface area contributed by atoms with Crippen LogP contribution in [0.2, 0.25) is 0 Å². The van der Waals surface area contributed by atoms with Gasteiger partial charge in [0.1, 0.15) is 0 Å². The van der Waals surface area contributed by atoms with E-state index in [0.29, 0.717) is 11.5 Å². The summed E-state index contributed by atoms with van der Waals surface area (Å²) in [6.07, 6.45) is 0. The zero-order chi connectivity index (χ0) is 17.4. The molecule has 2 aromatic carbocycles. The molecule has 0 unspecified atom stereocenters. The molecular formula is C18H20BrNO3S. The van der Waals surface area contributed by atoms with E-state index in [-0.39, 0.29) is 12.5 Å². The minimum Gasteiger partial charge on any atom is -0.380 e. The van der Waals surface area contributed by atoms with Gasteiger partial charge in [0.2, 0.25) is 0 Å². The predicted molar refractivity (Wildman–Crippen MR) is 97.7 cm³/mol. The van der Waals surface area contributed by atoms with Gasteiger partial charge in [0.05, 0.1) is 22.3 Å². The lowest BCUT2D eigenvalue weighted by molar-refractivity contribution is 0.125. The Hall–Kier alpha value is -1.21. The molecule has 1 aliphatic carbocycles. The Kier molecular flexibility index (Phi) is 4.84. The molecule has 2 N–H and O–H groups in total. The Morgan fingerprint density at radius 1 is 1.12 bits per heavy atom. The number of halogens is 1. The van der Waals surface area contributed by atoms with E-state index in [0.717, 1.165) is 10.0 Å². The summed E-state index contributed by atoms with van der Waals surface area (Å²) >= 11 is 3.40. The lowest BCUT2D eigenvalue weighted by Gasteiger charge is -2.12. The first kappa shape index (κ1) is 17.6. The largest absolute Gasteiger partial charge is 0.380 e. The quantitative estimate of drug-likeness (QED) is 0.795. The van der Waals surface area contributed by atoms with E-state index < -0.39 is 20.6 Å². The maximum Gasteiger partial charge on any atom is 0.183 e. The highest BCUT2D eigenvalue weighted by Crippen LogP contribution is 2.55. The summed E-state index contributed by atoms with van der Waals surface area (Å²) in [5, 5.41) is -0.680. The fourth-order valence-electron chi connectivity index (χ4n) is 3.25. The van der Waals surface area contributed by atoms with Crippen molar-refractivity contribution in [1.82, 2.24) is 0 Å². The molecule has 0 saturated heterocycles. The molecule has 24 heavy (non-hydrogen) atoms. The highest BCUT2D eigenvalue weighted by molar-refractivity contribution is 9.10. The van der Waals surface area contributed by atoms with Crippen LogP contribution < -0.4 is 5.73 Å². The summed E-state index contributed by atoms with van der Waals surface area (Å²) in [6.45, 7) is 2.60. The van der Waals surface area contributed by atoms with Crippen LogP contribution in [0.3, 0.4) is 0 Å². The minimum absolute atomic E-state index is 0.223. The summed E-state index contributed by atoms with van der Waals surface area (Å²) in [5.74, 6) is -0.276. The van der Waals surface area contributed by atoms with Gasteiger partial charge in [0, 0.05) is 17.0 Å². The molecule has 1 fully saturated rings. The van der Waals surface area contributed by atoms with E-state index in [9.17, 15) is 8.42 Å². The van der Waals surface area contributed by atoms with Crippen LogP contribution in [0.1, 0.15) is 18.4 Å². The molecule has 3 atom stereocenters. The second-order valence-corrected chi connectivity index (χ2v) is 9.04. The lowest BCUT2D eigenvalue weighted by atomic mass is 10.1. The number of hydrogen-bond donors (Lipinski definition) is 1. The molecule has 6 heteroatoms. The monoisotopic (exact) mass is 409 g/mol. The van der Waals surface area contributed by atoms with Crippen LogP contribution in [0.25, 0.3) is 0 Å². The van der Waals surface area contributed by atoms with Gasteiger partial charge in [-0.25, -0.2) is 8.42 Å². The predicted octanol–water partition coefficient (Wildman–Crippen LogP) is 3.12. The summed E-state index contributed by atoms with van der Waals surface area (Å²) in [6, 6.07) is 16.1. The van der Waals surface area contributed by atoms with Crippen LogP contribution in [0.4, 0.5) is 0 Å². The van der Waals surface area contributed by atoms with E-state index >= 15 is 0 Å². The highest BCUT2D eigenvalue weighted by Gasteiger charge is 2.69. The van der Waals surface area contributed by atoms with E-state index in [1.807, 2.05) is 31.2 Å². The van der Waals surface area contributed by atoms with E-state index in [1.165, 1.54) is 0 Å². The molecule has 0 aromatic heterocycles. The van der Waals surface area contributed by atoms with Crippen molar-refractivity contribution >= 4 is 25.8 Å². The van der Waals surface area contributed by atoms with Gasteiger partial charge in [-0.3, -0.25) is 0 Å². The molecule has 3 rings (SSSR count). The summed E-state index contributed by atoms with van der Waals surface area (Å²) in [5.41, 5.74) is 6.52. The standard InChI is InChI=1S/C18H20BrNO3S/c1-2-23-12-18(20)16(13-8-10-14(19)11-9-13)17(18)24(21,22)15-6-4-3-5-7-15/h3-11,16-17H,2,12,20H2,1H3/t16-,17-,18-/m0/s1. The van der Waals surface area contributed by atoms with Gasteiger partial charge in [-0.2, -0.15) is 0 Å². The Morgan fingerprint density at radius 3 is 2.33 bits per heavy atom. The second kappa shape index (κ2) is 6.59. The fourth-order valence-corrected chi connectivity index (χ4v) is 5.83. The van der Waals surface area contributed by atoms with Crippen molar-refractivity contribution in [3.8, 4) is 0 Å². The van der Waals surface area contributed by atoms with Gasteiger partial charge in [0.25, 0.3) is 0 Å². The molecule has 4 nitrogen and oxygen atoms in total. The van der Waals surface area contributed by atoms with Crippen molar-refractivity contribution in [2.75, 3.05) is 13.2 Å². The molecule has 128 valence electrons. The number of nitrogens with two attached hydrogens (primary N) is 1. The van der Waals surface area contributed by atoms with Crippen molar-refractivity contribution < 1.29 is 13.2 Å². The number of rotatable bonds is 6. The molecule has 0 radical (unpaired) electrons. The number of sulfone groups is 1. The fraction of sp³-hybridized carbons (Fsp3) is 0.333. The van der Waals surface area contributed by atoms with Gasteiger partial charge in [-0.15, -0.1) is 0 Å². The van der Waals surface area contributed by atoms with Crippen molar-refractivity contribution in [2.45, 2.75) is 28.5 Å². The normalized spacial score (nSPS) is 26.3. The molecule has 2 aromatic rings. The molecule has 0 amide bonds. The van der Waals surface area contributed by atoms with Gasteiger partial charge in [-0.1, -0.05) is 46.3 Å². The number of benzene rings is 2. The van der Waals surface area contributed by atoms with Crippen LogP contribution >= 0.6 is 15.9 Å². The van der Waals surface area contributed by atoms with Crippen LogP contribution in [-0.2, 0) is 14.6 Å². The van der Waals surface area contributed by atoms with Crippen molar-refractivity contribution in [3.05, 3.63) is 64.6 Å². The number of ether oxygens (including phenoxy) is 1. The van der Waals surface area contributed by atoms with Gasteiger partial charge < -0.3 is 10.5 Å². The Balaban J connectivity index is 1.99. The van der Waals surface area contributed by atoms with Gasteiger partial charge in [0.15, 0.2) is 9.84 Å². The Bertz CT molecular complexity index is 808. The van der Waals surface area contributed by atoms with E-state index in [1.54, 1.807) is 30.3 Å². The molecular weight excluding hydrogens is 390 g/mol. The van der Waals surface area contributed by atoms with Crippen LogP contribution in [-0.4, -0.2) is 32.4 Å². The highest BCUT2D eigenvalue weighted by atomic mass is 79.9. The second-order valence-electron chi connectivity index (χ2n) is 6.06. The van der Waals surface area contributed by atoms with E-state index in [4.69, 9.17) is 10.5 Å². The van der Waals surface area contributed by atoms with Crippen LogP contribution in [0.5, 0.6) is 0 Å². The Morgan fingerprint density at radius 2 is 1.75 bits per heavy atom. The summed E-state index contributed by atoms with van der Waals surface area (Å²) in [4.78, 5) is 0.306. The summed E-state index contributed by atoms with van der Waals surface area (Å²) in [7, 11) is -3.53. The Labute approximate surface area is 151 Å². The first-order valence-electron chi connectivity index (χ1n) is 7.82. The first-order chi connectivity index (χ1) is 11.4. The van der Waals surface area contributed by atoms with Crippen molar-refractivity contribution in [2.24, 2.45) is 5.73 Å². The van der Waals surface area contributed by atoms with Crippen molar-refractivity contribution in [3.63, 3.8) is 0 Å². The van der Waals surface area contributed by atoms with Gasteiger partial charge in [-0.05, 0) is 36.8 Å². The SMILES string of the molecule is CCOC[C@]1(N)[C@@H](c2ccc(Br)cc2)[C@@H]1S(=O)(=O)c1ccccc1. The zero-order valence-electron chi connectivity index (χ0n) is 13.4. The van der Waals surface area contributed by atoms with Crippen LogP contribution in [0, 0.1) is 0 Å². The zero-order valence-corrected chi connectivity index (χ0v) is 15.8. The smallest absolute Gasteiger partial charge is 0.183 e. The average molecular weight is 410 g/mol. The first-order valence-corrected chi connectivity index (χ1v) is 10.2. The molecule has 1 saturated carbocycles. The third-order valence-electron chi connectivity index (χ3n) is 4.49.